The number of hydrogen-bond acceptors (Lipinski definition) is 4. The maximum atomic E-state index is 7.33. The molecule has 1 N–H and O–H groups in total. The third-order valence-corrected chi connectivity index (χ3v) is 1.41. The molecule has 0 saturated carbocycles. The zero-order chi connectivity index (χ0) is 8.81. The van der Waals surface area contributed by atoms with Gasteiger partial charge in [-0.2, -0.15) is 0 Å². The van der Waals surface area contributed by atoms with E-state index in [4.69, 9.17) is 19.3 Å². The standard InChI is InChI=1S/C6H10O3.C2H4O/c1(5-3-8-5)7-2-6-4-9-6;1-2-3/h5-6H,1-4H2;2-3H,1H2. The lowest BCUT2D eigenvalue weighted by Gasteiger charge is -1.95. The van der Waals surface area contributed by atoms with E-state index in [0.717, 1.165) is 32.7 Å². The Balaban J connectivity index is 0.000000213. The molecule has 4 nitrogen and oxygen atoms in total. The second-order valence-electron chi connectivity index (χ2n) is 2.63. The van der Waals surface area contributed by atoms with Gasteiger partial charge in [0.25, 0.3) is 0 Å². The molecule has 2 atom stereocenters. The van der Waals surface area contributed by atoms with Crippen molar-refractivity contribution in [1.29, 1.82) is 0 Å². The maximum absolute atomic E-state index is 7.33. The Hall–Kier alpha value is -0.580. The number of aliphatic hydroxyl groups is 1. The first-order chi connectivity index (χ1) is 5.86. The molecule has 0 bridgehead atoms. The Bertz CT molecular complexity index is 117. The number of aliphatic hydroxyl groups excluding tert-OH is 1. The number of epoxide rings is 2. The Morgan fingerprint density at radius 1 is 1.33 bits per heavy atom. The van der Waals surface area contributed by atoms with Crippen molar-refractivity contribution >= 4 is 0 Å². The van der Waals surface area contributed by atoms with Gasteiger partial charge in [0.2, 0.25) is 0 Å². The lowest BCUT2D eigenvalue weighted by molar-refractivity contribution is 0.102. The molecule has 2 aliphatic heterocycles. The number of hydrogen-bond donors (Lipinski definition) is 1. The van der Waals surface area contributed by atoms with Crippen LogP contribution in [-0.2, 0) is 14.2 Å². The van der Waals surface area contributed by atoms with Gasteiger partial charge in [-0.05, 0) is 0 Å². The highest BCUT2D eigenvalue weighted by atomic mass is 16.6. The predicted octanol–water partition coefficient (Wildman–Crippen LogP) is 0.488. The lowest BCUT2D eigenvalue weighted by Crippen LogP contribution is -2.06. The van der Waals surface area contributed by atoms with E-state index in [1.807, 2.05) is 0 Å². The normalized spacial score (nSPS) is 30.0. The van der Waals surface area contributed by atoms with Gasteiger partial charge in [0.05, 0.1) is 32.7 Å². The van der Waals surface area contributed by atoms with Gasteiger partial charge in [-0.3, -0.25) is 0 Å². The summed E-state index contributed by atoms with van der Waals surface area (Å²) in [4.78, 5) is 0. The molecule has 2 heterocycles. The van der Waals surface area contributed by atoms with E-state index in [2.05, 4.69) is 6.58 Å². The molecule has 0 aromatic rings. The average Bonchev–Trinajstić information content (AvgIpc) is 2.82. The summed E-state index contributed by atoms with van der Waals surface area (Å²) in [5, 5.41) is 7.33. The van der Waals surface area contributed by atoms with Gasteiger partial charge in [0, 0.05) is 0 Å². The summed E-state index contributed by atoms with van der Waals surface area (Å²) in [5.74, 6) is 0. The topological polar surface area (TPSA) is 54.5 Å². The third kappa shape index (κ3) is 5.12. The van der Waals surface area contributed by atoms with Crippen molar-refractivity contribution in [1.82, 2.24) is 0 Å². The van der Waals surface area contributed by atoms with Crippen molar-refractivity contribution in [3.63, 3.8) is 0 Å². The number of ether oxygens (including phenoxy) is 3. The van der Waals surface area contributed by atoms with E-state index in [-0.39, 0.29) is 0 Å². The van der Waals surface area contributed by atoms with Crippen molar-refractivity contribution in [2.24, 2.45) is 0 Å². The van der Waals surface area contributed by atoms with Gasteiger partial charge in [-0.25, -0.2) is 0 Å². The van der Waals surface area contributed by atoms with E-state index in [9.17, 15) is 0 Å². The highest BCUT2D eigenvalue weighted by molar-refractivity contribution is 4.71. The van der Waals surface area contributed by atoms with Gasteiger partial charge >= 0.3 is 0 Å². The summed E-state index contributed by atoms with van der Waals surface area (Å²) >= 11 is 0. The predicted molar refractivity (Wildman–Crippen MR) is 43.1 cm³/mol. The molecule has 0 spiro atoms. The molecular weight excluding hydrogens is 160 g/mol. The van der Waals surface area contributed by atoms with Gasteiger partial charge in [-0.1, -0.05) is 6.58 Å². The fourth-order valence-electron chi connectivity index (χ4n) is 0.659. The zero-order valence-corrected chi connectivity index (χ0v) is 6.94. The van der Waals surface area contributed by atoms with Crippen LogP contribution in [0.5, 0.6) is 0 Å². The van der Waals surface area contributed by atoms with Crippen LogP contribution in [0.1, 0.15) is 0 Å². The Labute approximate surface area is 71.7 Å². The fourth-order valence-corrected chi connectivity index (χ4v) is 0.659. The highest BCUT2D eigenvalue weighted by Crippen LogP contribution is 2.12. The second kappa shape index (κ2) is 5.13. The molecule has 2 unspecified atom stereocenters. The lowest BCUT2D eigenvalue weighted by atomic mass is 10.5. The molecule has 12 heavy (non-hydrogen) atoms. The summed E-state index contributed by atoms with van der Waals surface area (Å²) in [5.41, 5.74) is 0. The maximum Gasteiger partial charge on any atom is 0.104 e. The number of rotatable bonds is 4. The van der Waals surface area contributed by atoms with Crippen LogP contribution in [-0.4, -0.2) is 43.7 Å². The van der Waals surface area contributed by atoms with Crippen LogP contribution in [0.15, 0.2) is 12.8 Å². The van der Waals surface area contributed by atoms with Crippen LogP contribution in [0.2, 0.25) is 0 Å². The second-order valence-corrected chi connectivity index (χ2v) is 2.63. The molecule has 0 aromatic heterocycles. The summed E-state index contributed by atoms with van der Waals surface area (Å²) in [6.45, 7) is 6.18. The molecule has 0 aliphatic carbocycles. The van der Waals surface area contributed by atoms with Crippen molar-refractivity contribution < 1.29 is 19.3 Å². The summed E-state index contributed by atoms with van der Waals surface area (Å²) in [7, 11) is 0. The first-order valence-electron chi connectivity index (χ1n) is 3.93. The van der Waals surface area contributed by atoms with Crippen molar-refractivity contribution in [3.8, 4) is 0 Å². The minimum atomic E-state index is 0.392. The van der Waals surface area contributed by atoms with Crippen molar-refractivity contribution in [2.45, 2.75) is 12.2 Å². The third-order valence-electron chi connectivity index (χ3n) is 1.41. The molecule has 2 aliphatic rings. The quantitative estimate of drug-likeness (QED) is 0.497. The molecule has 2 fully saturated rings. The first kappa shape index (κ1) is 9.51. The molecule has 0 aromatic carbocycles. The van der Waals surface area contributed by atoms with E-state index >= 15 is 0 Å². The largest absolute Gasteiger partial charge is 0.516 e. The van der Waals surface area contributed by atoms with Crippen LogP contribution in [0.3, 0.4) is 0 Å². The minimum Gasteiger partial charge on any atom is -0.516 e. The molecule has 0 radical (unpaired) electrons. The van der Waals surface area contributed by atoms with Crippen LogP contribution >= 0.6 is 0 Å². The summed E-state index contributed by atoms with van der Waals surface area (Å²) in [6, 6.07) is 0. The van der Waals surface area contributed by atoms with E-state index in [0.29, 0.717) is 12.2 Å². The molecule has 2 saturated heterocycles. The Kier molecular flexibility index (Phi) is 4.07. The van der Waals surface area contributed by atoms with Crippen LogP contribution in [0, 0.1) is 0 Å². The van der Waals surface area contributed by atoms with E-state index in [1.165, 1.54) is 0 Å². The fraction of sp³-hybridized carbons (Fsp3) is 0.750. The van der Waals surface area contributed by atoms with Crippen molar-refractivity contribution in [2.75, 3.05) is 26.4 Å². The van der Waals surface area contributed by atoms with Gasteiger partial charge < -0.3 is 19.3 Å². The smallest absolute Gasteiger partial charge is 0.104 e. The highest BCUT2D eigenvalue weighted by Gasteiger charge is 2.26. The van der Waals surface area contributed by atoms with Crippen LogP contribution < -0.4 is 0 Å². The summed E-state index contributed by atoms with van der Waals surface area (Å²) in [6.07, 6.45) is 1.53. The van der Waals surface area contributed by atoms with Gasteiger partial charge in [0.15, 0.2) is 0 Å². The van der Waals surface area contributed by atoms with Crippen molar-refractivity contribution in [3.05, 3.63) is 12.8 Å². The SMILES string of the molecule is C(OCC1CO1)C1CO1.C=CO. The van der Waals surface area contributed by atoms with Gasteiger partial charge in [0.1, 0.15) is 12.2 Å². The zero-order valence-electron chi connectivity index (χ0n) is 6.94. The molecular formula is C8H14O4. The van der Waals surface area contributed by atoms with E-state index < -0.39 is 0 Å². The molecule has 0 amide bonds. The van der Waals surface area contributed by atoms with Gasteiger partial charge in [-0.15, -0.1) is 0 Å². The molecule has 2 rings (SSSR count). The minimum absolute atomic E-state index is 0.392. The monoisotopic (exact) mass is 174 g/mol. The Morgan fingerprint density at radius 2 is 1.67 bits per heavy atom. The molecule has 70 valence electrons. The first-order valence-corrected chi connectivity index (χ1v) is 3.93. The van der Waals surface area contributed by atoms with E-state index in [1.54, 1.807) is 0 Å². The average molecular weight is 174 g/mol. The van der Waals surface area contributed by atoms with Crippen LogP contribution in [0.25, 0.3) is 0 Å². The van der Waals surface area contributed by atoms with Crippen LogP contribution in [0.4, 0.5) is 0 Å². The summed E-state index contributed by atoms with van der Waals surface area (Å²) < 4.78 is 15.1. The molecule has 4 heteroatoms. The Morgan fingerprint density at radius 3 is 1.92 bits per heavy atom.